The predicted molar refractivity (Wildman–Crippen MR) is 193 cm³/mol. The van der Waals surface area contributed by atoms with Gasteiger partial charge in [0, 0.05) is 52.2 Å². The molecule has 2 atom stereocenters. The highest BCUT2D eigenvalue weighted by Gasteiger charge is 2.79. The third kappa shape index (κ3) is 3.11. The van der Waals surface area contributed by atoms with Crippen molar-refractivity contribution in [2.24, 2.45) is 0 Å². The Hall–Kier alpha value is -5.03. The Morgan fingerprint density at radius 3 is 2.42 bits per heavy atom. The fourth-order valence-electron chi connectivity index (χ4n) is 9.93. The van der Waals surface area contributed by atoms with Crippen molar-refractivity contribution in [3.8, 4) is 11.4 Å². The molecule has 3 aromatic carbocycles. The number of fused-ring (bicyclic) bond motifs is 19. The monoisotopic (exact) mass is 628 g/mol. The Kier molecular flexibility index (Phi) is 5.57. The van der Waals surface area contributed by atoms with E-state index in [-0.39, 0.29) is 11.1 Å². The Bertz CT molecular complexity index is 2680. The first-order chi connectivity index (χ1) is 23.5. The number of nitrogens with zero attached hydrogens (tertiary/aromatic N) is 4. The summed E-state index contributed by atoms with van der Waals surface area (Å²) in [5, 5.41) is 11.5. The van der Waals surface area contributed by atoms with Gasteiger partial charge < -0.3 is 4.42 Å². The number of hydrogen-bond acceptors (Lipinski definition) is 2. The van der Waals surface area contributed by atoms with Gasteiger partial charge >= 0.3 is 0 Å². The number of pyridine rings is 3. The maximum absolute atomic E-state index is 6.71. The average molecular weight is 629 g/mol. The van der Waals surface area contributed by atoms with Crippen molar-refractivity contribution >= 4 is 49.1 Å². The van der Waals surface area contributed by atoms with Gasteiger partial charge in [-0.1, -0.05) is 51.5 Å². The molecule has 0 bridgehead atoms. The molecule has 48 heavy (non-hydrogen) atoms. The minimum atomic E-state index is -0.383. The molecule has 0 radical (unpaired) electrons. The lowest BCUT2D eigenvalue weighted by Crippen LogP contribution is -2.81. The van der Waals surface area contributed by atoms with Gasteiger partial charge in [-0.2, -0.15) is 9.67 Å². The van der Waals surface area contributed by atoms with Crippen molar-refractivity contribution < 1.29 is 13.4 Å². The van der Waals surface area contributed by atoms with Crippen molar-refractivity contribution in [3.63, 3.8) is 0 Å². The number of hydrogen-bond donors (Lipinski definition) is 0. The number of furan rings is 1. The first kappa shape index (κ1) is 28.0. The molecular formula is C43H40N4O+2. The molecule has 5 heteroatoms. The zero-order valence-electron chi connectivity index (χ0n) is 28.4. The van der Waals surface area contributed by atoms with Gasteiger partial charge in [0.25, 0.3) is 11.2 Å². The van der Waals surface area contributed by atoms with Crippen LogP contribution in [0, 0.1) is 13.8 Å². The highest BCUT2D eigenvalue weighted by Crippen LogP contribution is 2.62. The minimum Gasteiger partial charge on any atom is -0.456 e. The molecule has 1 aliphatic heterocycles. The Morgan fingerprint density at radius 1 is 0.750 bits per heavy atom. The first-order valence-electron chi connectivity index (χ1n) is 17.8. The van der Waals surface area contributed by atoms with Gasteiger partial charge in [0.1, 0.15) is 16.9 Å². The smallest absolute Gasteiger partial charge is 0.280 e. The molecule has 0 saturated carbocycles. The largest absolute Gasteiger partial charge is 0.456 e. The van der Waals surface area contributed by atoms with Gasteiger partial charge in [-0.3, -0.25) is 0 Å². The van der Waals surface area contributed by atoms with Crippen molar-refractivity contribution in [2.75, 3.05) is 0 Å². The minimum absolute atomic E-state index is 0.351. The fourth-order valence-corrected chi connectivity index (χ4v) is 9.93. The molecule has 8 aromatic rings. The van der Waals surface area contributed by atoms with Crippen LogP contribution in [0.1, 0.15) is 74.5 Å². The number of unbranched alkanes of at least 4 members (excludes halogenated alkanes) is 1. The van der Waals surface area contributed by atoms with Crippen molar-refractivity contribution in [1.29, 1.82) is 0 Å². The Morgan fingerprint density at radius 2 is 1.58 bits per heavy atom. The third-order valence-electron chi connectivity index (χ3n) is 11.9. The van der Waals surface area contributed by atoms with Crippen LogP contribution in [0.2, 0.25) is 0 Å². The summed E-state index contributed by atoms with van der Waals surface area (Å²) in [5.74, 6) is 0. The summed E-state index contributed by atoms with van der Waals surface area (Å²) in [6.07, 6.45) is 7.61. The van der Waals surface area contributed by atoms with E-state index in [1.165, 1.54) is 84.6 Å². The summed E-state index contributed by atoms with van der Waals surface area (Å²) in [4.78, 5) is 0. The molecule has 5 aromatic heterocycles. The molecule has 0 fully saturated rings. The van der Waals surface area contributed by atoms with Crippen LogP contribution in [0.5, 0.6) is 0 Å². The van der Waals surface area contributed by atoms with Crippen LogP contribution >= 0.6 is 0 Å². The lowest BCUT2D eigenvalue weighted by molar-refractivity contribution is -0.785. The van der Waals surface area contributed by atoms with Crippen LogP contribution < -0.4 is 8.97 Å². The number of rotatable bonds is 5. The SMILES string of the molecule is CCCCc1ccc2c(c1)oc1cc3c(cc12)c1c([n+]2c4ccccc4c(C)cc32)C2(CC)[n+]3ccccc3-c3cc(C)nn3C12CC. The molecule has 2 aliphatic rings. The van der Waals surface area contributed by atoms with Crippen LogP contribution in [-0.2, 0) is 17.5 Å². The average Bonchev–Trinajstić information content (AvgIpc) is 3.67. The Balaban J connectivity index is 1.44. The first-order valence-corrected chi connectivity index (χ1v) is 17.8. The second kappa shape index (κ2) is 9.53. The maximum Gasteiger partial charge on any atom is 0.280 e. The van der Waals surface area contributed by atoms with Crippen LogP contribution in [0.3, 0.4) is 0 Å². The van der Waals surface area contributed by atoms with Crippen molar-refractivity contribution in [2.45, 2.75) is 77.8 Å². The number of aryl methyl sites for hydroxylation is 3. The highest BCUT2D eigenvalue weighted by molar-refractivity contribution is 6.13. The van der Waals surface area contributed by atoms with E-state index in [0.29, 0.717) is 0 Å². The van der Waals surface area contributed by atoms with Crippen LogP contribution in [0.4, 0.5) is 0 Å². The fraction of sp³-hybridized carbons (Fsp3) is 0.279. The molecule has 10 rings (SSSR count). The third-order valence-corrected chi connectivity index (χ3v) is 11.9. The highest BCUT2D eigenvalue weighted by atomic mass is 16.3. The summed E-state index contributed by atoms with van der Waals surface area (Å²) in [5.41, 5.74) is 12.5. The normalized spacial score (nSPS) is 19.5. The number of para-hydroxylation sites is 1. The second-order valence-electron chi connectivity index (χ2n) is 14.2. The summed E-state index contributed by atoms with van der Waals surface area (Å²) in [6.45, 7) is 11.4. The zero-order chi connectivity index (χ0) is 32.5. The summed E-state index contributed by atoms with van der Waals surface area (Å²) >= 11 is 0. The molecule has 0 N–H and O–H groups in total. The molecular weight excluding hydrogens is 589 g/mol. The second-order valence-corrected chi connectivity index (χ2v) is 14.2. The van der Waals surface area contributed by atoms with Gasteiger partial charge in [0.15, 0.2) is 11.7 Å². The van der Waals surface area contributed by atoms with E-state index < -0.39 is 0 Å². The van der Waals surface area contributed by atoms with Crippen molar-refractivity contribution in [1.82, 2.24) is 9.78 Å². The Labute approximate surface area is 280 Å². The van der Waals surface area contributed by atoms with Gasteiger partial charge in [-0.15, -0.1) is 4.40 Å². The van der Waals surface area contributed by atoms with E-state index in [9.17, 15) is 0 Å². The molecule has 0 saturated heterocycles. The van der Waals surface area contributed by atoms with E-state index in [0.717, 1.165) is 36.1 Å². The maximum atomic E-state index is 6.71. The number of aromatic nitrogens is 4. The standard InChI is InChI=1S/C43H40N4O/c1-6-9-14-28-18-19-30-32-24-33-31(25-39(32)48-38(30)23-28)36-21-26(4)29-15-10-11-16-34(29)46(36)41-40(33)42(7-2)43(41,8-3)45-20-13-12-17-35(45)37-22-27(5)44-47(37)42/h10-13,15-25H,6-9,14H2,1-5H3/q+2. The van der Waals surface area contributed by atoms with Crippen LogP contribution in [-0.4, -0.2) is 9.78 Å². The zero-order valence-corrected chi connectivity index (χ0v) is 28.4. The molecule has 2 unspecified atom stereocenters. The summed E-state index contributed by atoms with van der Waals surface area (Å²) < 4.78 is 14.3. The van der Waals surface area contributed by atoms with Gasteiger partial charge in [0.2, 0.25) is 16.7 Å². The van der Waals surface area contributed by atoms with Crippen LogP contribution in [0.15, 0.2) is 95.5 Å². The number of benzene rings is 3. The van der Waals surface area contributed by atoms with E-state index in [4.69, 9.17) is 9.52 Å². The quantitative estimate of drug-likeness (QED) is 0.141. The topological polar surface area (TPSA) is 38.9 Å². The summed E-state index contributed by atoms with van der Waals surface area (Å²) in [7, 11) is 0. The van der Waals surface area contributed by atoms with Gasteiger partial charge in [0.05, 0.1) is 16.6 Å². The van der Waals surface area contributed by atoms with Crippen molar-refractivity contribution in [3.05, 3.63) is 119 Å². The van der Waals surface area contributed by atoms with E-state index in [2.05, 4.69) is 139 Å². The van der Waals surface area contributed by atoms with Crippen LogP contribution in [0.25, 0.3) is 60.5 Å². The van der Waals surface area contributed by atoms with E-state index in [1.807, 2.05) is 0 Å². The van der Waals surface area contributed by atoms with E-state index >= 15 is 0 Å². The molecule has 1 aliphatic carbocycles. The van der Waals surface area contributed by atoms with Gasteiger partial charge in [-0.25, -0.2) is 4.68 Å². The lowest BCUT2D eigenvalue weighted by Gasteiger charge is -2.54. The molecule has 236 valence electrons. The lowest BCUT2D eigenvalue weighted by atomic mass is 9.53. The molecule has 6 heterocycles. The molecule has 5 nitrogen and oxygen atoms in total. The summed E-state index contributed by atoms with van der Waals surface area (Å²) in [6, 6.07) is 31.9. The molecule has 0 spiro atoms. The van der Waals surface area contributed by atoms with E-state index in [1.54, 1.807) is 0 Å². The predicted octanol–water partition coefficient (Wildman–Crippen LogP) is 9.38. The molecule has 0 amide bonds. The van der Waals surface area contributed by atoms with Gasteiger partial charge in [-0.05, 0) is 80.6 Å².